The van der Waals surface area contributed by atoms with Crippen molar-refractivity contribution in [3.05, 3.63) is 33.8 Å². The molecule has 1 N–H and O–H groups in total. The summed E-state index contributed by atoms with van der Waals surface area (Å²) in [5.74, 6) is 0.592. The van der Waals surface area contributed by atoms with Gasteiger partial charge in [-0.25, -0.2) is 0 Å². The average Bonchev–Trinajstić information content (AvgIpc) is 2.33. The van der Waals surface area contributed by atoms with E-state index in [2.05, 4.69) is 12.2 Å². The molecular formula is C13H17Cl2NO. The molecule has 2 rings (SSSR count). The van der Waals surface area contributed by atoms with Gasteiger partial charge < -0.3 is 10.1 Å². The molecule has 0 aliphatic carbocycles. The maximum atomic E-state index is 6.12. The molecule has 0 saturated carbocycles. The maximum absolute atomic E-state index is 6.12. The highest BCUT2D eigenvalue weighted by atomic mass is 35.5. The van der Waals surface area contributed by atoms with Gasteiger partial charge in [0.2, 0.25) is 0 Å². The van der Waals surface area contributed by atoms with E-state index in [9.17, 15) is 0 Å². The minimum Gasteiger partial charge on any atom is -0.372 e. The minimum absolute atomic E-state index is 0.263. The van der Waals surface area contributed by atoms with Gasteiger partial charge in [-0.05, 0) is 30.5 Å². The lowest BCUT2D eigenvalue weighted by Gasteiger charge is -2.29. The van der Waals surface area contributed by atoms with Gasteiger partial charge in [0.1, 0.15) is 0 Å². The van der Waals surface area contributed by atoms with Gasteiger partial charge >= 0.3 is 0 Å². The zero-order chi connectivity index (χ0) is 12.3. The summed E-state index contributed by atoms with van der Waals surface area (Å²) in [6, 6.07) is 5.64. The lowest BCUT2D eigenvalue weighted by atomic mass is 9.97. The van der Waals surface area contributed by atoms with Gasteiger partial charge in [0.15, 0.2) is 0 Å². The summed E-state index contributed by atoms with van der Waals surface area (Å²) in [7, 11) is 0. The van der Waals surface area contributed by atoms with Crippen LogP contribution < -0.4 is 5.32 Å². The van der Waals surface area contributed by atoms with E-state index in [0.717, 1.165) is 25.1 Å². The molecule has 0 aromatic heterocycles. The van der Waals surface area contributed by atoms with E-state index in [1.165, 1.54) is 0 Å². The van der Waals surface area contributed by atoms with Gasteiger partial charge in [0.25, 0.3) is 0 Å². The van der Waals surface area contributed by atoms with E-state index in [4.69, 9.17) is 27.9 Å². The van der Waals surface area contributed by atoms with Gasteiger partial charge in [0, 0.05) is 6.54 Å². The Hall–Kier alpha value is -0.280. The molecule has 1 aromatic rings. The molecule has 1 fully saturated rings. The van der Waals surface area contributed by atoms with Crippen molar-refractivity contribution in [1.29, 1.82) is 0 Å². The van der Waals surface area contributed by atoms with Crippen molar-refractivity contribution < 1.29 is 4.74 Å². The number of hydrogen-bond donors (Lipinski definition) is 1. The van der Waals surface area contributed by atoms with Crippen LogP contribution in [0.15, 0.2) is 18.2 Å². The monoisotopic (exact) mass is 273 g/mol. The highest BCUT2D eigenvalue weighted by molar-refractivity contribution is 6.42. The Morgan fingerprint density at radius 3 is 3.00 bits per heavy atom. The highest BCUT2D eigenvalue weighted by Crippen LogP contribution is 2.27. The Balaban J connectivity index is 1.95. The first kappa shape index (κ1) is 13.2. The SMILES string of the molecule is CC1CCNCC1OCc1cccc(Cl)c1Cl. The summed E-state index contributed by atoms with van der Waals surface area (Å²) in [5.41, 5.74) is 0.956. The Morgan fingerprint density at radius 1 is 1.41 bits per heavy atom. The van der Waals surface area contributed by atoms with Crippen LogP contribution in [0.2, 0.25) is 10.0 Å². The number of nitrogens with one attached hydrogen (secondary N) is 1. The molecule has 4 heteroatoms. The quantitative estimate of drug-likeness (QED) is 0.910. The fraction of sp³-hybridized carbons (Fsp3) is 0.538. The molecule has 1 saturated heterocycles. The largest absolute Gasteiger partial charge is 0.372 e. The molecule has 0 bridgehead atoms. The summed E-state index contributed by atoms with van der Waals surface area (Å²) < 4.78 is 5.91. The van der Waals surface area contributed by atoms with Crippen LogP contribution >= 0.6 is 23.2 Å². The molecule has 0 spiro atoms. The normalized spacial score (nSPS) is 24.9. The van der Waals surface area contributed by atoms with Crippen LogP contribution in [0.5, 0.6) is 0 Å². The van der Waals surface area contributed by atoms with Crippen molar-refractivity contribution in [2.75, 3.05) is 13.1 Å². The molecule has 2 atom stereocenters. The van der Waals surface area contributed by atoms with E-state index in [0.29, 0.717) is 22.6 Å². The predicted molar refractivity (Wildman–Crippen MR) is 71.7 cm³/mol. The standard InChI is InChI=1S/C13H17Cl2NO/c1-9-5-6-16-7-12(9)17-8-10-3-2-4-11(14)13(10)15/h2-4,9,12,16H,5-8H2,1H3. The van der Waals surface area contributed by atoms with E-state index in [1.54, 1.807) is 6.07 Å². The second kappa shape index (κ2) is 6.05. The van der Waals surface area contributed by atoms with Crippen molar-refractivity contribution >= 4 is 23.2 Å². The molecule has 94 valence electrons. The van der Waals surface area contributed by atoms with Gasteiger partial charge in [-0.3, -0.25) is 0 Å². The zero-order valence-corrected chi connectivity index (χ0v) is 11.4. The molecule has 1 heterocycles. The molecule has 1 aliphatic heterocycles. The van der Waals surface area contributed by atoms with Crippen molar-refractivity contribution in [3.63, 3.8) is 0 Å². The van der Waals surface area contributed by atoms with Crippen molar-refractivity contribution in [1.82, 2.24) is 5.32 Å². The molecule has 2 nitrogen and oxygen atoms in total. The third-order valence-electron chi connectivity index (χ3n) is 3.24. The van der Waals surface area contributed by atoms with Crippen LogP contribution in [0.3, 0.4) is 0 Å². The number of halogens is 2. The molecule has 0 radical (unpaired) electrons. The molecule has 1 aromatic carbocycles. The molecular weight excluding hydrogens is 257 g/mol. The lowest BCUT2D eigenvalue weighted by molar-refractivity contribution is -0.00654. The van der Waals surface area contributed by atoms with Crippen LogP contribution in [-0.2, 0) is 11.3 Å². The Bertz CT molecular complexity index is 384. The Kier molecular flexibility index (Phi) is 4.69. The molecule has 17 heavy (non-hydrogen) atoms. The summed E-state index contributed by atoms with van der Waals surface area (Å²) in [4.78, 5) is 0. The Labute approximate surface area is 112 Å². The van der Waals surface area contributed by atoms with E-state index in [-0.39, 0.29) is 6.10 Å². The Morgan fingerprint density at radius 2 is 2.24 bits per heavy atom. The van der Waals surface area contributed by atoms with E-state index in [1.807, 2.05) is 12.1 Å². The molecule has 1 aliphatic rings. The third-order valence-corrected chi connectivity index (χ3v) is 4.10. The topological polar surface area (TPSA) is 21.3 Å². The number of benzene rings is 1. The van der Waals surface area contributed by atoms with Crippen molar-refractivity contribution in [2.24, 2.45) is 5.92 Å². The zero-order valence-electron chi connectivity index (χ0n) is 9.88. The first-order valence-corrected chi connectivity index (χ1v) is 6.69. The minimum atomic E-state index is 0.263. The second-order valence-electron chi connectivity index (χ2n) is 4.53. The summed E-state index contributed by atoms with van der Waals surface area (Å²) >= 11 is 12.1. The van der Waals surface area contributed by atoms with Gasteiger partial charge in [-0.2, -0.15) is 0 Å². The second-order valence-corrected chi connectivity index (χ2v) is 5.32. The number of hydrogen-bond acceptors (Lipinski definition) is 2. The van der Waals surface area contributed by atoms with Gasteiger partial charge in [-0.1, -0.05) is 42.3 Å². The first-order chi connectivity index (χ1) is 8.18. The van der Waals surface area contributed by atoms with Crippen molar-refractivity contribution in [3.8, 4) is 0 Å². The average molecular weight is 274 g/mol. The number of piperidine rings is 1. The maximum Gasteiger partial charge on any atom is 0.0736 e. The molecule has 0 amide bonds. The highest BCUT2D eigenvalue weighted by Gasteiger charge is 2.21. The summed E-state index contributed by atoms with van der Waals surface area (Å²) in [6.07, 6.45) is 1.42. The van der Waals surface area contributed by atoms with Crippen LogP contribution in [0, 0.1) is 5.92 Å². The third kappa shape index (κ3) is 3.35. The summed E-state index contributed by atoms with van der Waals surface area (Å²) in [5, 5.41) is 4.53. The summed E-state index contributed by atoms with van der Waals surface area (Å²) in [6.45, 7) is 4.75. The van der Waals surface area contributed by atoms with Crippen LogP contribution in [-0.4, -0.2) is 19.2 Å². The van der Waals surface area contributed by atoms with Crippen molar-refractivity contribution in [2.45, 2.75) is 26.1 Å². The van der Waals surface area contributed by atoms with E-state index < -0.39 is 0 Å². The first-order valence-electron chi connectivity index (χ1n) is 5.93. The van der Waals surface area contributed by atoms with Crippen LogP contribution in [0.1, 0.15) is 18.9 Å². The van der Waals surface area contributed by atoms with Gasteiger partial charge in [-0.15, -0.1) is 0 Å². The van der Waals surface area contributed by atoms with E-state index >= 15 is 0 Å². The number of rotatable bonds is 3. The van der Waals surface area contributed by atoms with Gasteiger partial charge in [0.05, 0.1) is 22.8 Å². The predicted octanol–water partition coefficient (Wildman–Crippen LogP) is 3.51. The van der Waals surface area contributed by atoms with Crippen LogP contribution in [0.25, 0.3) is 0 Å². The number of ether oxygens (including phenoxy) is 1. The molecule has 2 unspecified atom stereocenters. The van der Waals surface area contributed by atoms with Crippen LogP contribution in [0.4, 0.5) is 0 Å². The fourth-order valence-electron chi connectivity index (χ4n) is 2.04. The smallest absolute Gasteiger partial charge is 0.0736 e. The lowest BCUT2D eigenvalue weighted by Crippen LogP contribution is -2.40. The fourth-order valence-corrected chi connectivity index (χ4v) is 2.42.